The van der Waals surface area contributed by atoms with Gasteiger partial charge in [-0.05, 0) is 49.6 Å². The minimum absolute atomic E-state index is 0.0549. The van der Waals surface area contributed by atoms with E-state index < -0.39 is 5.97 Å². The molecule has 0 aliphatic rings. The lowest BCUT2D eigenvalue weighted by atomic mass is 10.1. The van der Waals surface area contributed by atoms with E-state index in [1.54, 1.807) is 35.7 Å². The van der Waals surface area contributed by atoms with E-state index in [9.17, 15) is 14.4 Å². The van der Waals surface area contributed by atoms with Crippen molar-refractivity contribution in [1.82, 2.24) is 4.57 Å². The van der Waals surface area contributed by atoms with E-state index in [2.05, 4.69) is 0 Å². The van der Waals surface area contributed by atoms with Crippen LogP contribution in [-0.4, -0.2) is 28.7 Å². The van der Waals surface area contributed by atoms with Crippen LogP contribution in [0.3, 0.4) is 0 Å². The fourth-order valence-electron chi connectivity index (χ4n) is 3.14. The van der Waals surface area contributed by atoms with Gasteiger partial charge in [0.05, 0.1) is 21.3 Å². The summed E-state index contributed by atoms with van der Waals surface area (Å²) < 4.78 is 6.97. The van der Waals surface area contributed by atoms with E-state index in [0.29, 0.717) is 26.2 Å². The maximum absolute atomic E-state index is 12.6. The van der Waals surface area contributed by atoms with Crippen LogP contribution in [0, 0.1) is 13.8 Å². The van der Waals surface area contributed by atoms with Gasteiger partial charge >= 0.3 is 5.97 Å². The fraction of sp³-hybridized carbons (Fsp3) is 0.227. The first-order valence-electron chi connectivity index (χ1n) is 9.18. The number of hydrogen-bond acceptors (Lipinski definition) is 5. The largest absolute Gasteiger partial charge is 0.457 e. The molecule has 156 valence electrons. The zero-order valence-electron chi connectivity index (χ0n) is 16.4. The fourth-order valence-corrected chi connectivity index (χ4v) is 4.13. The standard InChI is InChI=1S/C22H19Cl2NO4S/c1-13-10-16(14(2)25(13)15-5-6-17(23)18(24)11-15)20(27)12-29-22(28)8-7-19(26)21-4-3-9-30-21/h3-6,9-11H,7-8,12H2,1-2H3. The Kier molecular flexibility index (Phi) is 7.13. The number of esters is 1. The Labute approximate surface area is 188 Å². The Morgan fingerprint density at radius 3 is 2.43 bits per heavy atom. The molecular formula is C22H19Cl2NO4S. The second-order valence-electron chi connectivity index (χ2n) is 6.70. The molecule has 0 aliphatic heterocycles. The molecule has 2 heterocycles. The molecule has 5 nitrogen and oxygen atoms in total. The molecule has 1 aromatic carbocycles. The molecule has 8 heteroatoms. The van der Waals surface area contributed by atoms with Gasteiger partial charge in [0.25, 0.3) is 0 Å². The summed E-state index contributed by atoms with van der Waals surface area (Å²) in [6.07, 6.45) is -0.00825. The first-order chi connectivity index (χ1) is 14.3. The second-order valence-corrected chi connectivity index (χ2v) is 8.47. The Morgan fingerprint density at radius 2 is 1.77 bits per heavy atom. The van der Waals surface area contributed by atoms with Crippen molar-refractivity contribution in [3.8, 4) is 5.69 Å². The smallest absolute Gasteiger partial charge is 0.306 e. The van der Waals surface area contributed by atoms with Gasteiger partial charge in [-0.25, -0.2) is 0 Å². The molecule has 0 unspecified atom stereocenters. The van der Waals surface area contributed by atoms with E-state index in [0.717, 1.165) is 11.4 Å². The van der Waals surface area contributed by atoms with Crippen LogP contribution in [0.2, 0.25) is 10.0 Å². The number of aromatic nitrogens is 1. The Balaban J connectivity index is 1.62. The van der Waals surface area contributed by atoms with Crippen LogP contribution >= 0.6 is 34.5 Å². The topological polar surface area (TPSA) is 65.4 Å². The van der Waals surface area contributed by atoms with Crippen molar-refractivity contribution in [3.05, 3.63) is 73.7 Å². The van der Waals surface area contributed by atoms with Crippen molar-refractivity contribution >= 4 is 52.1 Å². The first kappa shape index (κ1) is 22.3. The van der Waals surface area contributed by atoms with Crippen molar-refractivity contribution in [1.29, 1.82) is 0 Å². The summed E-state index contributed by atoms with van der Waals surface area (Å²) in [7, 11) is 0. The van der Waals surface area contributed by atoms with Gasteiger partial charge in [0.2, 0.25) is 5.78 Å². The predicted molar refractivity (Wildman–Crippen MR) is 118 cm³/mol. The quantitative estimate of drug-likeness (QED) is 0.310. The number of benzene rings is 1. The van der Waals surface area contributed by atoms with Crippen molar-refractivity contribution in [2.45, 2.75) is 26.7 Å². The van der Waals surface area contributed by atoms with Gasteiger partial charge in [0, 0.05) is 29.1 Å². The van der Waals surface area contributed by atoms with Gasteiger partial charge in [-0.1, -0.05) is 29.3 Å². The summed E-state index contributed by atoms with van der Waals surface area (Å²) in [5.41, 5.74) is 2.78. The molecule has 2 aromatic heterocycles. The summed E-state index contributed by atoms with van der Waals surface area (Å²) in [6, 6.07) is 10.5. The summed E-state index contributed by atoms with van der Waals surface area (Å²) in [6.45, 7) is 3.30. The number of rotatable bonds is 8. The third kappa shape index (κ3) is 5.01. The molecule has 0 aliphatic carbocycles. The molecule has 0 atom stereocenters. The molecule has 0 saturated heterocycles. The van der Waals surface area contributed by atoms with Crippen molar-refractivity contribution < 1.29 is 19.1 Å². The highest BCUT2D eigenvalue weighted by Crippen LogP contribution is 2.28. The van der Waals surface area contributed by atoms with Crippen LogP contribution < -0.4 is 0 Å². The number of thiophene rings is 1. The molecule has 0 spiro atoms. The highest BCUT2D eigenvalue weighted by atomic mass is 35.5. The lowest BCUT2D eigenvalue weighted by molar-refractivity contribution is -0.142. The van der Waals surface area contributed by atoms with E-state index in [4.69, 9.17) is 27.9 Å². The average molecular weight is 464 g/mol. The van der Waals surface area contributed by atoms with Gasteiger partial charge in [0.15, 0.2) is 12.4 Å². The number of carbonyl (C=O) groups excluding carboxylic acids is 3. The molecule has 30 heavy (non-hydrogen) atoms. The summed E-state index contributed by atoms with van der Waals surface area (Å²) >= 11 is 13.4. The minimum atomic E-state index is -0.577. The van der Waals surface area contributed by atoms with Crippen molar-refractivity contribution in [2.24, 2.45) is 0 Å². The number of Topliss-reactive ketones (excluding diaryl/α,β-unsaturated/α-hetero) is 2. The van der Waals surface area contributed by atoms with E-state index in [1.165, 1.54) is 11.3 Å². The zero-order chi connectivity index (χ0) is 21.8. The van der Waals surface area contributed by atoms with Crippen molar-refractivity contribution in [3.63, 3.8) is 0 Å². The number of halogens is 2. The van der Waals surface area contributed by atoms with Gasteiger partial charge in [0.1, 0.15) is 0 Å². The van der Waals surface area contributed by atoms with Crippen LogP contribution in [0.1, 0.15) is 44.3 Å². The minimum Gasteiger partial charge on any atom is -0.457 e. The normalized spacial score (nSPS) is 10.8. The molecule has 0 bridgehead atoms. The molecule has 0 N–H and O–H groups in total. The highest BCUT2D eigenvalue weighted by Gasteiger charge is 2.19. The monoisotopic (exact) mass is 463 g/mol. The van der Waals surface area contributed by atoms with Crippen LogP contribution in [0.5, 0.6) is 0 Å². The highest BCUT2D eigenvalue weighted by molar-refractivity contribution is 7.12. The lowest BCUT2D eigenvalue weighted by Crippen LogP contribution is -2.15. The summed E-state index contributed by atoms with van der Waals surface area (Å²) in [4.78, 5) is 37.1. The summed E-state index contributed by atoms with van der Waals surface area (Å²) in [5.74, 6) is -1.00. The van der Waals surface area contributed by atoms with Gasteiger partial charge in [-0.3, -0.25) is 14.4 Å². The number of ether oxygens (including phenoxy) is 1. The van der Waals surface area contributed by atoms with Crippen molar-refractivity contribution in [2.75, 3.05) is 6.61 Å². The van der Waals surface area contributed by atoms with E-state index in [1.807, 2.05) is 24.5 Å². The van der Waals surface area contributed by atoms with Gasteiger partial charge in [-0.2, -0.15) is 0 Å². The molecule has 3 aromatic rings. The number of ketones is 2. The molecule has 0 saturated carbocycles. The zero-order valence-corrected chi connectivity index (χ0v) is 18.7. The molecular weight excluding hydrogens is 445 g/mol. The molecule has 0 amide bonds. The number of aryl methyl sites for hydroxylation is 1. The third-order valence-corrected chi connectivity index (χ3v) is 6.26. The van der Waals surface area contributed by atoms with E-state index in [-0.39, 0.29) is 31.0 Å². The summed E-state index contributed by atoms with van der Waals surface area (Å²) in [5, 5.41) is 2.67. The molecule has 0 radical (unpaired) electrons. The Bertz CT molecular complexity index is 1100. The molecule has 0 fully saturated rings. The SMILES string of the molecule is Cc1cc(C(=O)COC(=O)CCC(=O)c2cccs2)c(C)n1-c1ccc(Cl)c(Cl)c1. The predicted octanol–water partition coefficient (Wildman–Crippen LogP) is 5.85. The maximum atomic E-state index is 12.6. The van der Waals surface area contributed by atoms with Crippen LogP contribution in [0.4, 0.5) is 0 Å². The van der Waals surface area contributed by atoms with Gasteiger partial charge < -0.3 is 9.30 Å². The second kappa shape index (κ2) is 9.60. The van der Waals surface area contributed by atoms with E-state index >= 15 is 0 Å². The number of hydrogen-bond donors (Lipinski definition) is 0. The molecule has 3 rings (SSSR count). The first-order valence-corrected chi connectivity index (χ1v) is 10.8. The van der Waals surface area contributed by atoms with Crippen LogP contribution in [0.15, 0.2) is 41.8 Å². The lowest BCUT2D eigenvalue weighted by Gasteiger charge is -2.11. The van der Waals surface area contributed by atoms with Gasteiger partial charge in [-0.15, -0.1) is 11.3 Å². The number of carbonyl (C=O) groups is 3. The Hall–Kier alpha value is -2.41. The average Bonchev–Trinajstić information content (AvgIpc) is 3.35. The maximum Gasteiger partial charge on any atom is 0.306 e. The number of nitrogens with zero attached hydrogens (tertiary/aromatic N) is 1. The van der Waals surface area contributed by atoms with Crippen LogP contribution in [0.25, 0.3) is 5.69 Å². The third-order valence-electron chi connectivity index (χ3n) is 4.61. The van der Waals surface area contributed by atoms with Crippen LogP contribution in [-0.2, 0) is 9.53 Å². The Morgan fingerprint density at radius 1 is 1.00 bits per heavy atom.